The zero-order valence-corrected chi connectivity index (χ0v) is 19.9. The van der Waals surface area contributed by atoms with Gasteiger partial charge in [0.2, 0.25) is 17.7 Å². The smallest absolute Gasteiger partial charge is 0.326 e. The first-order valence-corrected chi connectivity index (χ1v) is 13.0. The summed E-state index contributed by atoms with van der Waals surface area (Å²) in [5.74, 6) is -3.34. The van der Waals surface area contributed by atoms with E-state index in [0.29, 0.717) is 37.3 Å². The molecule has 1 aliphatic heterocycles. The van der Waals surface area contributed by atoms with Crippen LogP contribution in [0.4, 0.5) is 0 Å². The van der Waals surface area contributed by atoms with E-state index in [1.54, 1.807) is 18.0 Å². The maximum Gasteiger partial charge on any atom is 0.326 e. The standard InChI is InChI=1S/C19H32N4O7S2/c1-31-8-5-11(20)18(28)23-7-3-4-14(23)17(27)22-13(10-15(24)25)16(26)21-12(19(29)30)6-9-32-2/h11-14H,3-10,20H2,1-2H3,(H,21,26)(H,22,27)(H,24,25)(H,29,30). The number of carboxylic acid groups (broad SMARTS) is 2. The molecule has 0 radical (unpaired) electrons. The molecule has 0 aromatic rings. The van der Waals surface area contributed by atoms with E-state index in [-0.39, 0.29) is 12.3 Å². The number of nitrogens with zero attached hydrogens (tertiary/aromatic N) is 1. The molecule has 0 aromatic carbocycles. The number of hydrogen-bond acceptors (Lipinski definition) is 8. The van der Waals surface area contributed by atoms with Gasteiger partial charge in [0.05, 0.1) is 12.5 Å². The van der Waals surface area contributed by atoms with Gasteiger partial charge in [-0.25, -0.2) is 4.79 Å². The Hall–Kier alpha value is -1.99. The van der Waals surface area contributed by atoms with Crippen LogP contribution in [0.2, 0.25) is 0 Å². The number of amides is 3. The van der Waals surface area contributed by atoms with E-state index >= 15 is 0 Å². The molecule has 0 saturated carbocycles. The number of rotatable bonds is 14. The molecule has 1 fully saturated rings. The van der Waals surface area contributed by atoms with Gasteiger partial charge in [0.1, 0.15) is 18.1 Å². The highest BCUT2D eigenvalue weighted by molar-refractivity contribution is 7.98. The van der Waals surface area contributed by atoms with Gasteiger partial charge in [-0.1, -0.05) is 0 Å². The maximum absolute atomic E-state index is 12.8. The van der Waals surface area contributed by atoms with E-state index in [1.807, 2.05) is 6.26 Å². The lowest BCUT2D eigenvalue weighted by atomic mass is 10.1. The molecule has 0 aromatic heterocycles. The molecule has 182 valence electrons. The fourth-order valence-corrected chi connectivity index (χ4v) is 4.26. The van der Waals surface area contributed by atoms with E-state index in [1.165, 1.54) is 16.7 Å². The maximum atomic E-state index is 12.8. The highest BCUT2D eigenvalue weighted by Crippen LogP contribution is 2.19. The van der Waals surface area contributed by atoms with Crippen molar-refractivity contribution in [2.24, 2.45) is 5.73 Å². The Balaban J connectivity index is 2.87. The number of hydrogen-bond donors (Lipinski definition) is 5. The van der Waals surface area contributed by atoms with Crippen LogP contribution in [0.1, 0.15) is 32.1 Å². The minimum Gasteiger partial charge on any atom is -0.481 e. The molecule has 1 heterocycles. The Morgan fingerprint density at radius 2 is 1.66 bits per heavy atom. The lowest BCUT2D eigenvalue weighted by Gasteiger charge is -2.28. The van der Waals surface area contributed by atoms with Crippen LogP contribution in [-0.2, 0) is 24.0 Å². The molecule has 4 unspecified atom stereocenters. The SMILES string of the molecule is CSCCC(N)C(=O)N1CCCC1C(=O)NC(CC(=O)O)C(=O)NC(CCSC)C(=O)O. The third-order valence-electron chi connectivity index (χ3n) is 5.03. The van der Waals surface area contributed by atoms with Crippen molar-refractivity contribution < 1.29 is 34.2 Å². The van der Waals surface area contributed by atoms with Crippen molar-refractivity contribution in [3.05, 3.63) is 0 Å². The van der Waals surface area contributed by atoms with Crippen LogP contribution in [0, 0.1) is 0 Å². The molecule has 0 bridgehead atoms. The van der Waals surface area contributed by atoms with Gasteiger partial charge in [-0.05, 0) is 49.7 Å². The summed E-state index contributed by atoms with van der Waals surface area (Å²) >= 11 is 2.96. The average molecular weight is 493 g/mol. The van der Waals surface area contributed by atoms with Crippen molar-refractivity contribution in [2.45, 2.75) is 56.3 Å². The highest BCUT2D eigenvalue weighted by atomic mass is 32.2. The summed E-state index contributed by atoms with van der Waals surface area (Å²) < 4.78 is 0. The first-order chi connectivity index (χ1) is 15.1. The van der Waals surface area contributed by atoms with Crippen LogP contribution in [-0.4, -0.2) is 99.5 Å². The van der Waals surface area contributed by atoms with Crippen molar-refractivity contribution in [1.82, 2.24) is 15.5 Å². The summed E-state index contributed by atoms with van der Waals surface area (Å²) in [4.78, 5) is 62.1. The Bertz CT molecular complexity index is 695. The Kier molecular flexibility index (Phi) is 12.5. The van der Waals surface area contributed by atoms with Gasteiger partial charge in [-0.15, -0.1) is 0 Å². The van der Waals surface area contributed by atoms with Crippen LogP contribution < -0.4 is 16.4 Å². The Morgan fingerprint density at radius 1 is 1.03 bits per heavy atom. The number of carbonyl (C=O) groups excluding carboxylic acids is 3. The molecule has 1 rings (SSSR count). The van der Waals surface area contributed by atoms with Crippen LogP contribution in [0.5, 0.6) is 0 Å². The molecule has 1 saturated heterocycles. The molecule has 0 aliphatic carbocycles. The first-order valence-electron chi connectivity index (χ1n) is 10.2. The fourth-order valence-electron chi connectivity index (χ4n) is 3.30. The number of nitrogens with one attached hydrogen (secondary N) is 2. The Labute approximate surface area is 195 Å². The second-order valence-corrected chi connectivity index (χ2v) is 9.39. The number of nitrogens with two attached hydrogens (primary N) is 1. The molecule has 11 nitrogen and oxygen atoms in total. The van der Waals surface area contributed by atoms with Crippen molar-refractivity contribution >= 4 is 53.2 Å². The molecular weight excluding hydrogens is 460 g/mol. The van der Waals surface area contributed by atoms with E-state index in [4.69, 9.17) is 10.8 Å². The lowest BCUT2D eigenvalue weighted by molar-refractivity contribution is -0.144. The molecule has 13 heteroatoms. The van der Waals surface area contributed by atoms with Gasteiger partial charge < -0.3 is 31.5 Å². The largest absolute Gasteiger partial charge is 0.481 e. The molecule has 6 N–H and O–H groups in total. The molecule has 0 spiro atoms. The number of likely N-dealkylation sites (tertiary alicyclic amines) is 1. The number of carbonyl (C=O) groups is 5. The van der Waals surface area contributed by atoms with Crippen molar-refractivity contribution in [2.75, 3.05) is 30.6 Å². The van der Waals surface area contributed by atoms with Gasteiger partial charge >= 0.3 is 11.9 Å². The van der Waals surface area contributed by atoms with E-state index in [2.05, 4.69) is 10.6 Å². The van der Waals surface area contributed by atoms with Gasteiger partial charge in [0.15, 0.2) is 0 Å². The second kappa shape index (κ2) is 14.2. The fraction of sp³-hybridized carbons (Fsp3) is 0.737. The predicted molar refractivity (Wildman–Crippen MR) is 122 cm³/mol. The molecular formula is C19H32N4O7S2. The summed E-state index contributed by atoms with van der Waals surface area (Å²) in [5.41, 5.74) is 5.95. The van der Waals surface area contributed by atoms with E-state index < -0.39 is 54.3 Å². The normalized spacial score (nSPS) is 18.5. The topological polar surface area (TPSA) is 179 Å². The van der Waals surface area contributed by atoms with Gasteiger partial charge in [-0.3, -0.25) is 19.2 Å². The summed E-state index contributed by atoms with van der Waals surface area (Å²) in [6.45, 7) is 0.343. The number of carboxylic acids is 2. The Morgan fingerprint density at radius 3 is 2.22 bits per heavy atom. The monoisotopic (exact) mass is 492 g/mol. The molecule has 32 heavy (non-hydrogen) atoms. The lowest BCUT2D eigenvalue weighted by Crippen LogP contribution is -2.57. The quantitative estimate of drug-likeness (QED) is 0.209. The third kappa shape index (κ3) is 8.87. The van der Waals surface area contributed by atoms with Gasteiger partial charge in [0, 0.05) is 6.54 Å². The highest BCUT2D eigenvalue weighted by Gasteiger charge is 2.38. The minimum atomic E-state index is -1.47. The summed E-state index contributed by atoms with van der Waals surface area (Å²) in [6.07, 6.45) is 4.50. The average Bonchev–Trinajstić information content (AvgIpc) is 3.23. The van der Waals surface area contributed by atoms with Crippen LogP contribution in [0.3, 0.4) is 0 Å². The van der Waals surface area contributed by atoms with Crippen LogP contribution in [0.15, 0.2) is 0 Å². The zero-order valence-electron chi connectivity index (χ0n) is 18.2. The zero-order chi connectivity index (χ0) is 24.3. The summed E-state index contributed by atoms with van der Waals surface area (Å²) in [7, 11) is 0. The minimum absolute atomic E-state index is 0.148. The molecule has 1 aliphatic rings. The second-order valence-electron chi connectivity index (χ2n) is 7.42. The van der Waals surface area contributed by atoms with Crippen molar-refractivity contribution in [3.8, 4) is 0 Å². The first kappa shape index (κ1) is 28.0. The summed E-state index contributed by atoms with van der Waals surface area (Å²) in [6, 6.07) is -4.29. The van der Waals surface area contributed by atoms with Crippen molar-refractivity contribution in [1.29, 1.82) is 0 Å². The molecule has 3 amide bonds. The van der Waals surface area contributed by atoms with E-state index in [0.717, 1.165) is 0 Å². The predicted octanol–water partition coefficient (Wildman–Crippen LogP) is -0.660. The third-order valence-corrected chi connectivity index (χ3v) is 6.31. The van der Waals surface area contributed by atoms with Gasteiger partial charge in [-0.2, -0.15) is 23.5 Å². The number of aliphatic carboxylic acids is 2. The summed E-state index contributed by atoms with van der Waals surface area (Å²) in [5, 5.41) is 23.1. The van der Waals surface area contributed by atoms with Crippen LogP contribution in [0.25, 0.3) is 0 Å². The van der Waals surface area contributed by atoms with Crippen molar-refractivity contribution in [3.63, 3.8) is 0 Å². The van der Waals surface area contributed by atoms with Crippen LogP contribution >= 0.6 is 23.5 Å². The molecule has 4 atom stereocenters. The van der Waals surface area contributed by atoms with Gasteiger partial charge in [0.25, 0.3) is 0 Å². The number of thioether (sulfide) groups is 2. The van der Waals surface area contributed by atoms with E-state index in [9.17, 15) is 29.1 Å².